The lowest BCUT2D eigenvalue weighted by Crippen LogP contribution is -2.36. The van der Waals surface area contributed by atoms with Crippen LogP contribution in [0.5, 0.6) is 17.2 Å². The smallest absolute Gasteiger partial charge is 0.344 e. The quantitative estimate of drug-likeness (QED) is 0.241. The van der Waals surface area contributed by atoms with E-state index in [9.17, 15) is 9.90 Å². The van der Waals surface area contributed by atoms with Gasteiger partial charge < -0.3 is 23.4 Å². The molecule has 0 amide bonds. The summed E-state index contributed by atoms with van der Waals surface area (Å²) < 4.78 is 23.4. The fourth-order valence-electron chi connectivity index (χ4n) is 4.15. The van der Waals surface area contributed by atoms with Crippen molar-refractivity contribution in [2.24, 2.45) is 0 Å². The maximum Gasteiger partial charge on any atom is 0.344 e. The minimum absolute atomic E-state index is 0.0484. The summed E-state index contributed by atoms with van der Waals surface area (Å²) in [5.41, 5.74) is 0.487. The molecule has 31 heavy (non-hydrogen) atoms. The van der Waals surface area contributed by atoms with Gasteiger partial charge in [0.15, 0.2) is 11.3 Å². The zero-order valence-corrected chi connectivity index (χ0v) is 19.0. The van der Waals surface area contributed by atoms with Crippen LogP contribution in [0.25, 0.3) is 43.5 Å². The molecule has 158 valence electrons. The van der Waals surface area contributed by atoms with E-state index in [1.54, 1.807) is 37.4 Å². The number of ether oxygens (including phenoxy) is 2. The molecule has 2 aromatic heterocycles. The van der Waals surface area contributed by atoms with Crippen molar-refractivity contribution in [1.82, 2.24) is 0 Å². The second-order valence-electron chi connectivity index (χ2n) is 8.66. The number of hydrogen-bond donors (Lipinski definition) is 1. The summed E-state index contributed by atoms with van der Waals surface area (Å²) in [5, 5.41) is 14.9. The van der Waals surface area contributed by atoms with Gasteiger partial charge in [0.2, 0.25) is 0 Å². The van der Waals surface area contributed by atoms with Crippen LogP contribution in [0.15, 0.2) is 50.0 Å². The number of aromatic hydroxyl groups is 1. The van der Waals surface area contributed by atoms with Crippen molar-refractivity contribution >= 4 is 56.9 Å². The Morgan fingerprint density at radius 1 is 0.871 bits per heavy atom. The molecule has 2 heterocycles. The predicted octanol–water partition coefficient (Wildman–Crippen LogP) is 5.11. The number of methoxy groups -OCH3 is 2. The minimum atomic E-state index is -1.72. The first-order chi connectivity index (χ1) is 14.7. The third-order valence-corrected chi connectivity index (χ3v) is 7.39. The van der Waals surface area contributed by atoms with Crippen molar-refractivity contribution in [3.8, 4) is 17.2 Å². The highest BCUT2D eigenvalue weighted by atomic mass is 28.3. The molecule has 0 unspecified atom stereocenters. The van der Waals surface area contributed by atoms with Crippen molar-refractivity contribution in [1.29, 1.82) is 0 Å². The van der Waals surface area contributed by atoms with Gasteiger partial charge in [-0.3, -0.25) is 0 Å². The van der Waals surface area contributed by atoms with E-state index in [4.69, 9.17) is 18.3 Å². The molecule has 0 aliphatic heterocycles. The van der Waals surface area contributed by atoms with Gasteiger partial charge in [0.1, 0.15) is 25.2 Å². The van der Waals surface area contributed by atoms with E-state index in [2.05, 4.69) is 19.6 Å². The predicted molar refractivity (Wildman–Crippen MR) is 125 cm³/mol. The highest BCUT2D eigenvalue weighted by molar-refractivity contribution is 6.87. The Hall–Kier alpha value is -3.45. The number of phenols is 1. The van der Waals surface area contributed by atoms with Gasteiger partial charge in [-0.2, -0.15) is 0 Å². The molecule has 5 rings (SSSR count). The first kappa shape index (κ1) is 19.5. The van der Waals surface area contributed by atoms with Crippen molar-refractivity contribution in [2.45, 2.75) is 19.6 Å². The molecule has 0 spiro atoms. The number of hydrogen-bond acceptors (Lipinski definition) is 6. The number of phenolic OH excluding ortho intramolecular Hbond substituents is 1. The third kappa shape index (κ3) is 2.73. The summed E-state index contributed by atoms with van der Waals surface area (Å²) in [6.07, 6.45) is 0. The van der Waals surface area contributed by atoms with Crippen LogP contribution >= 0.6 is 0 Å². The van der Waals surface area contributed by atoms with Gasteiger partial charge in [-0.1, -0.05) is 31.8 Å². The maximum absolute atomic E-state index is 13.1. The number of rotatable bonds is 3. The summed E-state index contributed by atoms with van der Waals surface area (Å²) in [7, 11) is 1.38. The second-order valence-corrected chi connectivity index (χ2v) is 13.6. The van der Waals surface area contributed by atoms with Crippen LogP contribution in [-0.4, -0.2) is 27.4 Å². The molecule has 7 heteroatoms. The van der Waals surface area contributed by atoms with Crippen molar-refractivity contribution in [3.63, 3.8) is 0 Å². The molecular weight excluding hydrogens is 412 g/mol. The molecular formula is C24H22O6Si. The lowest BCUT2D eigenvalue weighted by molar-refractivity contribution is 0.415. The van der Waals surface area contributed by atoms with Crippen LogP contribution in [0.1, 0.15) is 0 Å². The Labute approximate surface area is 178 Å². The zero-order valence-electron chi connectivity index (χ0n) is 18.0. The fraction of sp³-hybridized carbons (Fsp3) is 0.208. The Morgan fingerprint density at radius 3 is 2.32 bits per heavy atom. The summed E-state index contributed by atoms with van der Waals surface area (Å²) in [6.45, 7) is 6.60. The molecule has 6 nitrogen and oxygen atoms in total. The summed E-state index contributed by atoms with van der Waals surface area (Å²) >= 11 is 0. The average Bonchev–Trinajstić information content (AvgIpc) is 3.17. The van der Waals surface area contributed by atoms with Gasteiger partial charge in [0.25, 0.3) is 0 Å². The van der Waals surface area contributed by atoms with Gasteiger partial charge in [-0.05, 0) is 24.3 Å². The van der Waals surface area contributed by atoms with Gasteiger partial charge >= 0.3 is 5.63 Å². The van der Waals surface area contributed by atoms with Crippen LogP contribution < -0.4 is 20.5 Å². The van der Waals surface area contributed by atoms with Gasteiger partial charge in [0, 0.05) is 21.5 Å². The van der Waals surface area contributed by atoms with Crippen LogP contribution in [0.2, 0.25) is 19.6 Å². The van der Waals surface area contributed by atoms with Gasteiger partial charge in [-0.25, -0.2) is 4.79 Å². The Bertz CT molecular complexity index is 1570. The number of benzene rings is 3. The van der Waals surface area contributed by atoms with Crippen LogP contribution in [-0.2, 0) is 0 Å². The Kier molecular flexibility index (Phi) is 4.10. The summed E-state index contributed by atoms with van der Waals surface area (Å²) in [6, 6.07) is 10.6. The molecule has 1 N–H and O–H groups in total. The minimum Gasteiger partial charge on any atom is -0.507 e. The van der Waals surface area contributed by atoms with Crippen LogP contribution in [0.3, 0.4) is 0 Å². The topological polar surface area (TPSA) is 82.0 Å². The fourth-order valence-corrected chi connectivity index (χ4v) is 5.15. The van der Waals surface area contributed by atoms with Crippen molar-refractivity contribution in [2.75, 3.05) is 14.2 Å². The van der Waals surface area contributed by atoms with E-state index in [1.807, 2.05) is 6.07 Å². The highest BCUT2D eigenvalue weighted by Crippen LogP contribution is 2.44. The van der Waals surface area contributed by atoms with E-state index in [0.29, 0.717) is 49.6 Å². The summed E-state index contributed by atoms with van der Waals surface area (Å²) in [5.74, 6) is 1.00. The molecule has 0 saturated heterocycles. The molecule has 0 fully saturated rings. The van der Waals surface area contributed by atoms with Crippen LogP contribution in [0, 0.1) is 0 Å². The van der Waals surface area contributed by atoms with Crippen LogP contribution in [0.4, 0.5) is 0 Å². The van der Waals surface area contributed by atoms with E-state index in [-0.39, 0.29) is 5.75 Å². The van der Waals surface area contributed by atoms with Crippen molar-refractivity contribution < 1.29 is 23.4 Å². The molecule has 5 aromatic rings. The standard InChI is InChI=1S/C24H22O6Si/c1-27-17-11-14-19-15(24(26)30-22(14)13-7-6-8-16(25)20(13)17)9-12-10-18(31(3,4)5)29-21(12)23(19)28-2/h6-11,25H,1-5H3. The maximum atomic E-state index is 13.1. The SMILES string of the molecule is COc1cc2c(oc(=O)c3cc4cc([Si](C)(C)C)oc4c(OC)c32)c2cccc(O)c12. The first-order valence-electron chi connectivity index (χ1n) is 9.95. The van der Waals surface area contributed by atoms with Gasteiger partial charge in [0.05, 0.1) is 30.4 Å². The summed E-state index contributed by atoms with van der Waals surface area (Å²) in [4.78, 5) is 13.1. The molecule has 0 aliphatic rings. The van der Waals surface area contributed by atoms with E-state index >= 15 is 0 Å². The zero-order chi connectivity index (χ0) is 22.1. The molecule has 3 aromatic carbocycles. The van der Waals surface area contributed by atoms with E-state index in [1.165, 1.54) is 7.11 Å². The monoisotopic (exact) mass is 434 g/mol. The normalized spacial score (nSPS) is 12.3. The highest BCUT2D eigenvalue weighted by Gasteiger charge is 2.26. The molecule has 0 aliphatic carbocycles. The number of furan rings is 1. The Morgan fingerprint density at radius 2 is 1.65 bits per heavy atom. The second kappa shape index (κ2) is 6.52. The molecule has 0 saturated carbocycles. The van der Waals surface area contributed by atoms with E-state index in [0.717, 1.165) is 10.8 Å². The molecule has 0 atom stereocenters. The van der Waals surface area contributed by atoms with Gasteiger partial charge in [-0.15, -0.1) is 0 Å². The van der Waals surface area contributed by atoms with Crippen molar-refractivity contribution in [3.05, 3.63) is 46.8 Å². The number of fused-ring (bicyclic) bond motifs is 6. The average molecular weight is 435 g/mol. The third-order valence-electron chi connectivity index (χ3n) is 5.66. The lowest BCUT2D eigenvalue weighted by Gasteiger charge is -2.13. The molecule has 0 radical (unpaired) electrons. The molecule has 0 bridgehead atoms. The largest absolute Gasteiger partial charge is 0.507 e. The first-order valence-corrected chi connectivity index (χ1v) is 13.4. The Balaban J connectivity index is 2.06. The van der Waals surface area contributed by atoms with E-state index < -0.39 is 13.7 Å². The lowest BCUT2D eigenvalue weighted by atomic mass is 9.99.